The third-order valence-corrected chi connectivity index (χ3v) is 5.61. The van der Waals surface area contributed by atoms with Crippen LogP contribution in [0.5, 0.6) is 0 Å². The van der Waals surface area contributed by atoms with Gasteiger partial charge in [0.05, 0.1) is 11.9 Å². The molecule has 0 unspecified atom stereocenters. The molecule has 0 radical (unpaired) electrons. The fraction of sp³-hybridized carbons (Fsp3) is 0.562. The van der Waals surface area contributed by atoms with Gasteiger partial charge < -0.3 is 4.90 Å². The summed E-state index contributed by atoms with van der Waals surface area (Å²) in [5.41, 5.74) is 0.447. The molecule has 0 saturated carbocycles. The number of sulfonamides is 1. The molecule has 0 aromatic heterocycles. The Balaban J connectivity index is 2.28. The van der Waals surface area contributed by atoms with Crippen LogP contribution in [-0.4, -0.2) is 44.6 Å². The molecule has 1 aliphatic heterocycles. The molecule has 2 rings (SSSR count). The molecule has 2 atom stereocenters. The zero-order valence-corrected chi connectivity index (χ0v) is 15.3. The van der Waals surface area contributed by atoms with Crippen LogP contribution in [0.2, 0.25) is 5.02 Å². The number of rotatable bonds is 4. The second-order valence-corrected chi connectivity index (χ2v) is 8.54. The average molecular weight is 359 g/mol. The minimum absolute atomic E-state index is 0.156. The zero-order valence-electron chi connectivity index (χ0n) is 13.7. The summed E-state index contributed by atoms with van der Waals surface area (Å²) in [6, 6.07) is 5.69. The first-order valence-corrected chi connectivity index (χ1v) is 9.96. The predicted octanol–water partition coefficient (Wildman–Crippen LogP) is 2.75. The minimum Gasteiger partial charge on any atom is -0.341 e. The van der Waals surface area contributed by atoms with Crippen molar-refractivity contribution in [1.82, 2.24) is 4.90 Å². The smallest absolute Gasteiger partial charge is 0.246 e. The average Bonchev–Trinajstić information content (AvgIpc) is 2.47. The van der Waals surface area contributed by atoms with Gasteiger partial charge in [0, 0.05) is 18.1 Å². The lowest BCUT2D eigenvalue weighted by atomic mass is 10.00. The van der Waals surface area contributed by atoms with E-state index >= 15 is 0 Å². The number of nitrogens with zero attached hydrogens (tertiary/aromatic N) is 2. The van der Waals surface area contributed by atoms with Crippen LogP contribution in [-0.2, 0) is 14.8 Å². The molecule has 0 aliphatic carbocycles. The summed E-state index contributed by atoms with van der Waals surface area (Å²) in [4.78, 5) is 14.5. The Hall–Kier alpha value is -1.27. The van der Waals surface area contributed by atoms with E-state index < -0.39 is 16.1 Å². The van der Waals surface area contributed by atoms with Gasteiger partial charge in [-0.1, -0.05) is 18.5 Å². The number of carbonyl (C=O) groups is 1. The van der Waals surface area contributed by atoms with Crippen LogP contribution in [0, 0.1) is 5.92 Å². The third kappa shape index (κ3) is 4.38. The third-order valence-electron chi connectivity index (χ3n) is 4.12. The molecule has 1 heterocycles. The van der Waals surface area contributed by atoms with Gasteiger partial charge in [-0.05, 0) is 49.9 Å². The van der Waals surface area contributed by atoms with E-state index in [0.717, 1.165) is 19.1 Å². The van der Waals surface area contributed by atoms with Gasteiger partial charge in [-0.25, -0.2) is 8.42 Å². The van der Waals surface area contributed by atoms with Gasteiger partial charge in [0.1, 0.15) is 6.04 Å². The first kappa shape index (κ1) is 18.1. The SMILES string of the molecule is C[C@H]1CCCN(C(=O)[C@@H](C)N(c2ccc(Cl)cc2)S(C)(=O)=O)C1. The molecular formula is C16H23ClN2O3S. The van der Waals surface area contributed by atoms with Gasteiger partial charge in [0.15, 0.2) is 0 Å². The molecule has 128 valence electrons. The van der Waals surface area contributed by atoms with Crippen molar-refractivity contribution in [2.75, 3.05) is 23.7 Å². The summed E-state index contributed by atoms with van der Waals surface area (Å²) in [6.07, 6.45) is 3.18. The highest BCUT2D eigenvalue weighted by molar-refractivity contribution is 7.92. The molecule has 1 aromatic rings. The van der Waals surface area contributed by atoms with Crippen molar-refractivity contribution in [3.8, 4) is 0 Å². The minimum atomic E-state index is -3.58. The molecule has 1 aliphatic rings. The summed E-state index contributed by atoms with van der Waals surface area (Å²) >= 11 is 5.87. The maximum absolute atomic E-state index is 12.8. The Morgan fingerprint density at radius 3 is 2.48 bits per heavy atom. The quantitative estimate of drug-likeness (QED) is 0.831. The van der Waals surface area contributed by atoms with E-state index in [2.05, 4.69) is 6.92 Å². The lowest BCUT2D eigenvalue weighted by Gasteiger charge is -2.36. The van der Waals surface area contributed by atoms with E-state index in [1.54, 1.807) is 36.1 Å². The standard InChI is InChI=1S/C16H23ClN2O3S/c1-12-5-4-10-18(11-12)16(20)13(2)19(23(3,21)22)15-8-6-14(17)7-9-15/h6-9,12-13H,4-5,10-11H2,1-3H3/t12-,13+/m0/s1. The number of piperidine rings is 1. The molecule has 0 bridgehead atoms. The summed E-state index contributed by atoms with van der Waals surface area (Å²) < 4.78 is 25.6. The van der Waals surface area contributed by atoms with Crippen molar-refractivity contribution in [2.45, 2.75) is 32.7 Å². The van der Waals surface area contributed by atoms with E-state index in [-0.39, 0.29) is 5.91 Å². The normalized spacial score (nSPS) is 20.2. The summed E-state index contributed by atoms with van der Waals surface area (Å²) in [6.45, 7) is 5.11. The number of carbonyl (C=O) groups excluding carboxylic acids is 1. The Kier molecular flexibility index (Phi) is 5.57. The second kappa shape index (κ2) is 7.09. The lowest BCUT2D eigenvalue weighted by Crippen LogP contribution is -2.51. The van der Waals surface area contributed by atoms with Gasteiger partial charge in [0.2, 0.25) is 15.9 Å². The molecule has 0 N–H and O–H groups in total. The number of hydrogen-bond donors (Lipinski definition) is 0. The highest BCUT2D eigenvalue weighted by Gasteiger charge is 2.33. The molecule has 23 heavy (non-hydrogen) atoms. The first-order chi connectivity index (χ1) is 10.7. The van der Waals surface area contributed by atoms with Crippen LogP contribution >= 0.6 is 11.6 Å². The van der Waals surface area contributed by atoms with Crippen LogP contribution in [0.15, 0.2) is 24.3 Å². The Morgan fingerprint density at radius 2 is 1.96 bits per heavy atom. The first-order valence-electron chi connectivity index (χ1n) is 7.74. The molecule has 1 aromatic carbocycles. The topological polar surface area (TPSA) is 57.7 Å². The van der Waals surface area contributed by atoms with E-state index in [1.807, 2.05) is 0 Å². The summed E-state index contributed by atoms with van der Waals surface area (Å²) in [7, 11) is -3.58. The molecule has 1 saturated heterocycles. The summed E-state index contributed by atoms with van der Waals surface area (Å²) in [5.74, 6) is 0.291. The van der Waals surface area contributed by atoms with Crippen LogP contribution in [0.1, 0.15) is 26.7 Å². The number of likely N-dealkylation sites (tertiary alicyclic amines) is 1. The van der Waals surface area contributed by atoms with Gasteiger partial charge in [-0.2, -0.15) is 0 Å². The number of hydrogen-bond acceptors (Lipinski definition) is 3. The van der Waals surface area contributed by atoms with Gasteiger partial charge in [0.25, 0.3) is 0 Å². The van der Waals surface area contributed by atoms with Crippen molar-refractivity contribution in [3.05, 3.63) is 29.3 Å². The highest BCUT2D eigenvalue weighted by Crippen LogP contribution is 2.25. The van der Waals surface area contributed by atoms with Crippen molar-refractivity contribution >= 4 is 33.2 Å². The van der Waals surface area contributed by atoms with Gasteiger partial charge in [-0.15, -0.1) is 0 Å². The number of halogens is 1. The van der Waals surface area contributed by atoms with Crippen molar-refractivity contribution in [3.63, 3.8) is 0 Å². The zero-order chi connectivity index (χ0) is 17.2. The van der Waals surface area contributed by atoms with E-state index in [0.29, 0.717) is 29.7 Å². The van der Waals surface area contributed by atoms with E-state index in [1.165, 1.54) is 4.31 Å². The fourth-order valence-electron chi connectivity index (χ4n) is 3.04. The molecular weight excluding hydrogens is 336 g/mol. The monoisotopic (exact) mass is 358 g/mol. The van der Waals surface area contributed by atoms with Gasteiger partial charge in [-0.3, -0.25) is 9.10 Å². The maximum atomic E-state index is 12.8. The molecule has 7 heteroatoms. The Morgan fingerprint density at radius 1 is 1.35 bits per heavy atom. The Bertz CT molecular complexity index is 660. The van der Waals surface area contributed by atoms with Crippen LogP contribution in [0.3, 0.4) is 0 Å². The summed E-state index contributed by atoms with van der Waals surface area (Å²) in [5, 5.41) is 0.519. The predicted molar refractivity (Wildman–Crippen MR) is 93.2 cm³/mol. The molecule has 1 fully saturated rings. The fourth-order valence-corrected chi connectivity index (χ4v) is 4.34. The van der Waals surface area contributed by atoms with Crippen molar-refractivity contribution in [1.29, 1.82) is 0 Å². The lowest BCUT2D eigenvalue weighted by molar-refractivity contribution is -0.133. The van der Waals surface area contributed by atoms with Crippen LogP contribution in [0.4, 0.5) is 5.69 Å². The number of amides is 1. The Labute approximate surface area is 143 Å². The van der Waals surface area contributed by atoms with Crippen LogP contribution in [0.25, 0.3) is 0 Å². The molecule has 0 spiro atoms. The number of benzene rings is 1. The molecule has 1 amide bonds. The van der Waals surface area contributed by atoms with E-state index in [4.69, 9.17) is 11.6 Å². The number of anilines is 1. The largest absolute Gasteiger partial charge is 0.341 e. The van der Waals surface area contributed by atoms with Gasteiger partial charge >= 0.3 is 0 Å². The van der Waals surface area contributed by atoms with E-state index in [9.17, 15) is 13.2 Å². The van der Waals surface area contributed by atoms with Crippen LogP contribution < -0.4 is 4.31 Å². The molecule has 5 nitrogen and oxygen atoms in total. The van der Waals surface area contributed by atoms with Crippen molar-refractivity contribution in [2.24, 2.45) is 5.92 Å². The highest BCUT2D eigenvalue weighted by atomic mass is 35.5. The second-order valence-electron chi connectivity index (χ2n) is 6.24. The maximum Gasteiger partial charge on any atom is 0.246 e. The van der Waals surface area contributed by atoms with Crippen molar-refractivity contribution < 1.29 is 13.2 Å².